The summed E-state index contributed by atoms with van der Waals surface area (Å²) in [4.78, 5) is 3.23. The van der Waals surface area contributed by atoms with Gasteiger partial charge in [-0.3, -0.25) is 0 Å². The predicted molar refractivity (Wildman–Crippen MR) is 60.4 cm³/mol. The molecule has 0 radical (unpaired) electrons. The molecule has 13 heavy (non-hydrogen) atoms. The molecule has 3 heteroatoms. The Balaban J connectivity index is 2.64. The lowest BCUT2D eigenvalue weighted by molar-refractivity contribution is 1.16. The van der Waals surface area contributed by atoms with E-state index in [2.05, 4.69) is 27.0 Å². The number of aryl methyl sites for hydroxylation is 1. The van der Waals surface area contributed by atoms with Crippen molar-refractivity contribution in [2.45, 2.75) is 6.42 Å². The maximum Gasteiger partial charge on any atom is 0.0468 e. The molecule has 0 atom stereocenters. The molecule has 0 saturated carbocycles. The number of benzene rings is 1. The standard InChI is InChI=1S/C10H9BrClN/c11-8-2-1-3-9-10(8)7(4-5-12)6-13-9/h1-3,6,13H,4-5H2. The molecule has 1 aromatic heterocycles. The maximum atomic E-state index is 5.72. The van der Waals surface area contributed by atoms with Gasteiger partial charge in [0.2, 0.25) is 0 Å². The van der Waals surface area contributed by atoms with Gasteiger partial charge in [-0.25, -0.2) is 0 Å². The molecule has 1 heterocycles. The first kappa shape index (κ1) is 9.10. The Bertz CT molecular complexity index is 422. The van der Waals surface area contributed by atoms with Crippen LogP contribution in [0, 0.1) is 0 Å². The van der Waals surface area contributed by atoms with Gasteiger partial charge in [0.15, 0.2) is 0 Å². The second kappa shape index (κ2) is 3.72. The molecule has 0 aliphatic rings. The minimum atomic E-state index is 0.661. The van der Waals surface area contributed by atoms with Gasteiger partial charge in [0.1, 0.15) is 0 Å². The average Bonchev–Trinajstić information content (AvgIpc) is 2.51. The van der Waals surface area contributed by atoms with Crippen LogP contribution in [0.2, 0.25) is 0 Å². The summed E-state index contributed by atoms with van der Waals surface area (Å²) in [5, 5.41) is 1.25. The van der Waals surface area contributed by atoms with Crippen molar-refractivity contribution in [3.63, 3.8) is 0 Å². The smallest absolute Gasteiger partial charge is 0.0468 e. The molecule has 1 N–H and O–H groups in total. The highest BCUT2D eigenvalue weighted by Gasteiger charge is 2.05. The minimum Gasteiger partial charge on any atom is -0.361 e. The van der Waals surface area contributed by atoms with Gasteiger partial charge >= 0.3 is 0 Å². The number of alkyl halides is 1. The van der Waals surface area contributed by atoms with E-state index in [9.17, 15) is 0 Å². The molecule has 0 fully saturated rings. The van der Waals surface area contributed by atoms with E-state index in [4.69, 9.17) is 11.6 Å². The molecule has 2 rings (SSSR count). The van der Waals surface area contributed by atoms with Crippen molar-refractivity contribution in [1.82, 2.24) is 4.98 Å². The van der Waals surface area contributed by atoms with Crippen molar-refractivity contribution in [1.29, 1.82) is 0 Å². The zero-order valence-electron chi connectivity index (χ0n) is 6.98. The summed E-state index contributed by atoms with van der Waals surface area (Å²) in [5.41, 5.74) is 2.44. The van der Waals surface area contributed by atoms with Gasteiger partial charge in [-0.05, 0) is 24.1 Å². The van der Waals surface area contributed by atoms with Crippen molar-refractivity contribution < 1.29 is 0 Å². The average molecular weight is 259 g/mol. The Kier molecular flexibility index (Phi) is 2.61. The monoisotopic (exact) mass is 257 g/mol. The van der Waals surface area contributed by atoms with Crippen LogP contribution in [0.5, 0.6) is 0 Å². The van der Waals surface area contributed by atoms with Crippen LogP contribution in [0.15, 0.2) is 28.9 Å². The van der Waals surface area contributed by atoms with Gasteiger partial charge in [0.25, 0.3) is 0 Å². The summed E-state index contributed by atoms with van der Waals surface area (Å²) in [5.74, 6) is 0.661. The van der Waals surface area contributed by atoms with Gasteiger partial charge in [-0.2, -0.15) is 0 Å². The number of aromatic amines is 1. The lowest BCUT2D eigenvalue weighted by Gasteiger charge is -1.97. The molecule has 0 amide bonds. The van der Waals surface area contributed by atoms with Crippen LogP contribution in [0.1, 0.15) is 5.56 Å². The lowest BCUT2D eigenvalue weighted by atomic mass is 10.1. The molecule has 0 saturated heterocycles. The summed E-state index contributed by atoms with van der Waals surface area (Å²) >= 11 is 9.25. The van der Waals surface area contributed by atoms with Crippen molar-refractivity contribution in [2.75, 3.05) is 5.88 Å². The number of fused-ring (bicyclic) bond motifs is 1. The summed E-state index contributed by atoms with van der Waals surface area (Å²) in [7, 11) is 0. The Hall–Kier alpha value is -0.470. The summed E-state index contributed by atoms with van der Waals surface area (Å²) in [6, 6.07) is 6.14. The van der Waals surface area contributed by atoms with Crippen molar-refractivity contribution in [3.05, 3.63) is 34.4 Å². The number of hydrogen-bond donors (Lipinski definition) is 1. The molecule has 1 aromatic carbocycles. The van der Waals surface area contributed by atoms with E-state index in [1.807, 2.05) is 18.3 Å². The highest BCUT2D eigenvalue weighted by molar-refractivity contribution is 9.10. The largest absolute Gasteiger partial charge is 0.361 e. The zero-order chi connectivity index (χ0) is 9.26. The Morgan fingerprint density at radius 1 is 1.38 bits per heavy atom. The molecule has 2 aromatic rings. The summed E-state index contributed by atoms with van der Waals surface area (Å²) in [6.45, 7) is 0. The Morgan fingerprint density at radius 3 is 3.00 bits per heavy atom. The number of halogens is 2. The number of hydrogen-bond acceptors (Lipinski definition) is 0. The van der Waals surface area contributed by atoms with Crippen LogP contribution in [-0.2, 0) is 6.42 Å². The molecular weight excluding hydrogens is 249 g/mol. The zero-order valence-corrected chi connectivity index (χ0v) is 9.32. The molecule has 0 unspecified atom stereocenters. The topological polar surface area (TPSA) is 15.8 Å². The van der Waals surface area contributed by atoms with Gasteiger partial charge in [-0.15, -0.1) is 11.6 Å². The van der Waals surface area contributed by atoms with E-state index in [0.717, 1.165) is 16.4 Å². The van der Waals surface area contributed by atoms with Crippen molar-refractivity contribution in [3.8, 4) is 0 Å². The third-order valence-corrected chi connectivity index (χ3v) is 2.95. The SMILES string of the molecule is ClCCc1c[nH]c2cccc(Br)c12. The highest BCUT2D eigenvalue weighted by Crippen LogP contribution is 2.27. The number of aromatic nitrogens is 1. The fourth-order valence-corrected chi connectivity index (χ4v) is 2.33. The molecule has 0 bridgehead atoms. The van der Waals surface area contributed by atoms with Gasteiger partial charge in [0.05, 0.1) is 0 Å². The van der Waals surface area contributed by atoms with E-state index in [1.54, 1.807) is 0 Å². The van der Waals surface area contributed by atoms with Crippen LogP contribution in [-0.4, -0.2) is 10.9 Å². The van der Waals surface area contributed by atoms with Crippen molar-refractivity contribution >= 4 is 38.4 Å². The Labute approximate surface area is 90.2 Å². The first-order valence-electron chi connectivity index (χ1n) is 4.13. The van der Waals surface area contributed by atoms with Crippen LogP contribution in [0.3, 0.4) is 0 Å². The van der Waals surface area contributed by atoms with Crippen LogP contribution in [0.25, 0.3) is 10.9 Å². The van der Waals surface area contributed by atoms with Crippen LogP contribution in [0.4, 0.5) is 0 Å². The molecule has 0 aliphatic heterocycles. The van der Waals surface area contributed by atoms with Gasteiger partial charge in [0, 0.05) is 27.5 Å². The lowest BCUT2D eigenvalue weighted by Crippen LogP contribution is -1.83. The maximum absolute atomic E-state index is 5.72. The third kappa shape index (κ3) is 1.61. The second-order valence-corrected chi connectivity index (χ2v) is 4.15. The number of rotatable bonds is 2. The number of nitrogens with one attached hydrogen (secondary N) is 1. The summed E-state index contributed by atoms with van der Waals surface area (Å²) < 4.78 is 1.13. The molecule has 1 nitrogen and oxygen atoms in total. The summed E-state index contributed by atoms with van der Waals surface area (Å²) in [6.07, 6.45) is 2.93. The van der Waals surface area contributed by atoms with E-state index < -0.39 is 0 Å². The van der Waals surface area contributed by atoms with Gasteiger partial charge in [-0.1, -0.05) is 22.0 Å². The second-order valence-electron chi connectivity index (χ2n) is 2.92. The third-order valence-electron chi connectivity index (χ3n) is 2.10. The van der Waals surface area contributed by atoms with E-state index >= 15 is 0 Å². The first-order chi connectivity index (χ1) is 6.33. The van der Waals surface area contributed by atoms with E-state index in [1.165, 1.54) is 10.9 Å². The molecule has 0 aliphatic carbocycles. The minimum absolute atomic E-state index is 0.661. The quantitative estimate of drug-likeness (QED) is 0.791. The first-order valence-corrected chi connectivity index (χ1v) is 5.46. The fraction of sp³-hybridized carbons (Fsp3) is 0.200. The fourth-order valence-electron chi connectivity index (χ4n) is 1.51. The normalized spacial score (nSPS) is 10.9. The van der Waals surface area contributed by atoms with E-state index in [0.29, 0.717) is 5.88 Å². The molecular formula is C10H9BrClN. The van der Waals surface area contributed by atoms with Gasteiger partial charge < -0.3 is 4.98 Å². The number of H-pyrrole nitrogens is 1. The van der Waals surface area contributed by atoms with E-state index in [-0.39, 0.29) is 0 Å². The molecule has 68 valence electrons. The van der Waals surface area contributed by atoms with Crippen molar-refractivity contribution in [2.24, 2.45) is 0 Å². The predicted octanol–water partition coefficient (Wildman–Crippen LogP) is 3.71. The Morgan fingerprint density at radius 2 is 2.23 bits per heavy atom. The highest BCUT2D eigenvalue weighted by atomic mass is 79.9. The van der Waals surface area contributed by atoms with Crippen LogP contribution < -0.4 is 0 Å². The molecule has 0 spiro atoms. The van der Waals surface area contributed by atoms with Crippen LogP contribution >= 0.6 is 27.5 Å².